The zero-order valence-corrected chi connectivity index (χ0v) is 14.2. The number of amides is 1. The van der Waals surface area contributed by atoms with Crippen LogP contribution < -0.4 is 9.47 Å². The molecule has 0 aromatic heterocycles. The summed E-state index contributed by atoms with van der Waals surface area (Å²) in [5.41, 5.74) is 0.897. The Balaban J connectivity index is 1.77. The van der Waals surface area contributed by atoms with Crippen molar-refractivity contribution in [3.63, 3.8) is 0 Å². The molecule has 5 nitrogen and oxygen atoms in total. The van der Waals surface area contributed by atoms with E-state index < -0.39 is 0 Å². The molecule has 0 N–H and O–H groups in total. The van der Waals surface area contributed by atoms with Crippen LogP contribution in [0.2, 0.25) is 0 Å². The Morgan fingerprint density at radius 1 is 1.13 bits per heavy atom. The lowest BCUT2D eigenvalue weighted by Gasteiger charge is -2.27. The van der Waals surface area contributed by atoms with Gasteiger partial charge in [-0.1, -0.05) is 6.07 Å². The zero-order valence-electron chi connectivity index (χ0n) is 13.4. The van der Waals surface area contributed by atoms with E-state index >= 15 is 0 Å². The fourth-order valence-electron chi connectivity index (χ4n) is 2.71. The average Bonchev–Trinajstić information content (AvgIpc) is 2.96. The lowest BCUT2D eigenvalue weighted by molar-refractivity contribution is -0.113. The van der Waals surface area contributed by atoms with E-state index in [2.05, 4.69) is 9.89 Å². The highest BCUT2D eigenvalue weighted by Crippen LogP contribution is 2.33. The van der Waals surface area contributed by atoms with Gasteiger partial charge in [-0.25, -0.2) is 0 Å². The van der Waals surface area contributed by atoms with E-state index in [-0.39, 0.29) is 5.91 Å². The van der Waals surface area contributed by atoms with Gasteiger partial charge in [0.15, 0.2) is 16.7 Å². The molecule has 2 aliphatic rings. The predicted octanol–water partition coefficient (Wildman–Crippen LogP) is 3.16. The predicted molar refractivity (Wildman–Crippen MR) is 93.0 cm³/mol. The molecule has 1 fully saturated rings. The van der Waals surface area contributed by atoms with Crippen molar-refractivity contribution in [2.45, 2.75) is 19.3 Å². The van der Waals surface area contributed by atoms with Gasteiger partial charge >= 0.3 is 0 Å². The van der Waals surface area contributed by atoms with Crippen LogP contribution in [0.15, 0.2) is 28.1 Å². The fourth-order valence-corrected chi connectivity index (χ4v) is 3.68. The second-order valence-electron chi connectivity index (χ2n) is 5.47. The largest absolute Gasteiger partial charge is 0.493 e. The van der Waals surface area contributed by atoms with Gasteiger partial charge in [0, 0.05) is 13.1 Å². The summed E-state index contributed by atoms with van der Waals surface area (Å²) in [6, 6.07) is 5.60. The van der Waals surface area contributed by atoms with Gasteiger partial charge in [0.25, 0.3) is 5.91 Å². The van der Waals surface area contributed by atoms with E-state index in [0.29, 0.717) is 16.4 Å². The van der Waals surface area contributed by atoms with Crippen LogP contribution in [0, 0.1) is 0 Å². The summed E-state index contributed by atoms with van der Waals surface area (Å²) in [5, 5.41) is 0.835. The molecule has 1 amide bonds. The zero-order chi connectivity index (χ0) is 16.2. The average molecular weight is 332 g/mol. The third kappa shape index (κ3) is 3.52. The topological polar surface area (TPSA) is 51.1 Å². The molecule has 1 saturated heterocycles. The van der Waals surface area contributed by atoms with Crippen molar-refractivity contribution in [1.29, 1.82) is 0 Å². The molecule has 0 atom stereocenters. The standard InChI is InChI=1S/C17H20N2O3S/c1-21-13-7-6-12(10-14(13)22-2)11-15-16(20)18-17(23-15)19-8-4-3-5-9-19/h6-7,10-11H,3-5,8-9H2,1-2H3/b15-11+. The minimum Gasteiger partial charge on any atom is -0.493 e. The second-order valence-corrected chi connectivity index (χ2v) is 6.48. The molecule has 1 aromatic carbocycles. The monoisotopic (exact) mass is 332 g/mol. The first-order valence-corrected chi connectivity index (χ1v) is 8.52. The maximum absolute atomic E-state index is 12.2. The van der Waals surface area contributed by atoms with Crippen molar-refractivity contribution < 1.29 is 14.3 Å². The lowest BCUT2D eigenvalue weighted by Crippen LogP contribution is -2.33. The van der Waals surface area contributed by atoms with Crippen molar-refractivity contribution in [3.05, 3.63) is 28.7 Å². The Bertz CT molecular complexity index is 664. The number of likely N-dealkylation sites (tertiary alicyclic amines) is 1. The number of methoxy groups -OCH3 is 2. The van der Waals surface area contributed by atoms with E-state index in [4.69, 9.17) is 9.47 Å². The number of rotatable bonds is 3. The molecule has 0 spiro atoms. The molecule has 122 valence electrons. The summed E-state index contributed by atoms with van der Waals surface area (Å²) in [4.78, 5) is 19.2. The minimum atomic E-state index is -0.162. The Morgan fingerprint density at radius 3 is 2.57 bits per heavy atom. The highest BCUT2D eigenvalue weighted by atomic mass is 32.2. The number of hydrogen-bond acceptors (Lipinski definition) is 5. The lowest BCUT2D eigenvalue weighted by atomic mass is 10.1. The Kier molecular flexibility index (Phi) is 4.91. The van der Waals surface area contributed by atoms with Crippen molar-refractivity contribution in [2.75, 3.05) is 27.3 Å². The number of aliphatic imine (C=N–C) groups is 1. The molecule has 1 aromatic rings. The van der Waals surface area contributed by atoms with Gasteiger partial charge in [0.05, 0.1) is 19.1 Å². The first-order valence-electron chi connectivity index (χ1n) is 7.71. The Morgan fingerprint density at radius 2 is 1.87 bits per heavy atom. The van der Waals surface area contributed by atoms with E-state index in [1.165, 1.54) is 31.0 Å². The second kappa shape index (κ2) is 7.08. The third-order valence-electron chi connectivity index (χ3n) is 3.94. The van der Waals surface area contributed by atoms with Gasteiger partial charge in [-0.15, -0.1) is 0 Å². The number of piperidine rings is 1. The molecule has 2 aliphatic heterocycles. The summed E-state index contributed by atoms with van der Waals surface area (Å²) in [5.74, 6) is 1.16. The molecule has 3 rings (SSSR count). The number of hydrogen-bond donors (Lipinski definition) is 0. The van der Waals surface area contributed by atoms with Crippen molar-refractivity contribution in [1.82, 2.24) is 4.90 Å². The fraction of sp³-hybridized carbons (Fsp3) is 0.412. The third-order valence-corrected chi connectivity index (χ3v) is 4.99. The quantitative estimate of drug-likeness (QED) is 0.796. The number of thioether (sulfide) groups is 1. The van der Waals surface area contributed by atoms with Crippen molar-refractivity contribution in [3.8, 4) is 11.5 Å². The van der Waals surface area contributed by atoms with Crippen LogP contribution >= 0.6 is 11.8 Å². The molecular weight excluding hydrogens is 312 g/mol. The molecule has 0 saturated carbocycles. The smallest absolute Gasteiger partial charge is 0.286 e. The number of nitrogens with zero attached hydrogens (tertiary/aromatic N) is 2. The summed E-state index contributed by atoms with van der Waals surface area (Å²) in [6.45, 7) is 1.98. The van der Waals surface area contributed by atoms with Gasteiger partial charge < -0.3 is 14.4 Å². The van der Waals surface area contributed by atoms with Crippen molar-refractivity contribution >= 4 is 28.9 Å². The van der Waals surface area contributed by atoms with E-state index in [1.807, 2.05) is 24.3 Å². The Hall–Kier alpha value is -1.95. The van der Waals surface area contributed by atoms with Crippen molar-refractivity contribution in [2.24, 2.45) is 4.99 Å². The SMILES string of the molecule is COc1ccc(/C=C2/SC(N3CCCCC3)=NC2=O)cc1OC. The maximum atomic E-state index is 12.2. The molecular formula is C17H20N2O3S. The number of carbonyl (C=O) groups excluding carboxylic acids is 1. The highest BCUT2D eigenvalue weighted by molar-refractivity contribution is 8.18. The number of carbonyl (C=O) groups is 1. The van der Waals surface area contributed by atoms with Crippen LogP contribution in [0.25, 0.3) is 6.08 Å². The van der Waals surface area contributed by atoms with Crippen LogP contribution in [-0.4, -0.2) is 43.3 Å². The summed E-state index contributed by atoms with van der Waals surface area (Å²) >= 11 is 1.46. The molecule has 0 bridgehead atoms. The van der Waals surface area contributed by atoms with Gasteiger partial charge in [0.2, 0.25) is 0 Å². The molecule has 0 aliphatic carbocycles. The van der Waals surface area contributed by atoms with Gasteiger partial charge in [-0.2, -0.15) is 4.99 Å². The van der Waals surface area contributed by atoms with Crippen LogP contribution in [0.3, 0.4) is 0 Å². The summed E-state index contributed by atoms with van der Waals surface area (Å²) in [7, 11) is 3.20. The molecule has 23 heavy (non-hydrogen) atoms. The number of amidine groups is 1. The summed E-state index contributed by atoms with van der Waals surface area (Å²) < 4.78 is 10.5. The highest BCUT2D eigenvalue weighted by Gasteiger charge is 2.26. The molecule has 6 heteroatoms. The van der Waals surface area contributed by atoms with Crippen LogP contribution in [0.4, 0.5) is 0 Å². The van der Waals surface area contributed by atoms with Crippen LogP contribution in [-0.2, 0) is 4.79 Å². The maximum Gasteiger partial charge on any atom is 0.286 e. The minimum absolute atomic E-state index is 0.162. The molecule has 0 unspecified atom stereocenters. The van der Waals surface area contributed by atoms with E-state index in [0.717, 1.165) is 23.8 Å². The normalized spacial score (nSPS) is 19.9. The van der Waals surface area contributed by atoms with Gasteiger partial charge in [-0.3, -0.25) is 4.79 Å². The molecule has 2 heterocycles. The number of ether oxygens (including phenoxy) is 2. The first-order chi connectivity index (χ1) is 11.2. The van der Waals surface area contributed by atoms with Gasteiger partial charge in [-0.05, 0) is 54.8 Å². The Labute approximate surface area is 140 Å². The van der Waals surface area contributed by atoms with Crippen LogP contribution in [0.5, 0.6) is 11.5 Å². The number of benzene rings is 1. The van der Waals surface area contributed by atoms with Crippen LogP contribution in [0.1, 0.15) is 24.8 Å². The van der Waals surface area contributed by atoms with E-state index in [9.17, 15) is 4.79 Å². The first kappa shape index (κ1) is 15.9. The van der Waals surface area contributed by atoms with Gasteiger partial charge in [0.1, 0.15) is 0 Å². The summed E-state index contributed by atoms with van der Waals surface area (Å²) in [6.07, 6.45) is 5.46. The van der Waals surface area contributed by atoms with E-state index in [1.54, 1.807) is 14.2 Å². The molecule has 0 radical (unpaired) electrons.